The van der Waals surface area contributed by atoms with Gasteiger partial charge in [0.05, 0.1) is 5.60 Å². The highest BCUT2D eigenvalue weighted by molar-refractivity contribution is 9.10. The Morgan fingerprint density at radius 2 is 2.22 bits per heavy atom. The van der Waals surface area contributed by atoms with Crippen molar-refractivity contribution in [2.45, 2.75) is 24.9 Å². The van der Waals surface area contributed by atoms with Crippen molar-refractivity contribution >= 4 is 26.8 Å². The number of fused-ring (bicyclic) bond motifs is 1. The molecule has 1 aliphatic rings. The Balaban J connectivity index is 1.87. The molecule has 1 N–H and O–H groups in total. The molecule has 1 aromatic carbocycles. The molecule has 18 heavy (non-hydrogen) atoms. The van der Waals surface area contributed by atoms with Crippen LogP contribution in [0.2, 0.25) is 0 Å². The van der Waals surface area contributed by atoms with E-state index in [1.54, 1.807) is 6.20 Å². The largest absolute Gasteiger partial charge is 0.488 e. The van der Waals surface area contributed by atoms with Crippen LogP contribution in [-0.2, 0) is 0 Å². The van der Waals surface area contributed by atoms with Gasteiger partial charge in [0.2, 0.25) is 0 Å². The Morgan fingerprint density at radius 1 is 1.39 bits per heavy atom. The smallest absolute Gasteiger partial charge is 0.145 e. The fourth-order valence-corrected chi connectivity index (χ4v) is 2.51. The molecule has 1 aromatic heterocycles. The molecule has 0 atom stereocenters. The average molecular weight is 308 g/mol. The number of aliphatic hydroxyl groups is 1. The number of ether oxygens (including phenoxy) is 1. The van der Waals surface area contributed by atoms with Crippen molar-refractivity contribution < 1.29 is 9.84 Å². The van der Waals surface area contributed by atoms with Crippen LogP contribution in [0.1, 0.15) is 19.3 Å². The van der Waals surface area contributed by atoms with Crippen molar-refractivity contribution in [3.8, 4) is 5.75 Å². The summed E-state index contributed by atoms with van der Waals surface area (Å²) in [6.45, 7) is 0.351. The second-order valence-corrected chi connectivity index (χ2v) is 5.76. The van der Waals surface area contributed by atoms with Gasteiger partial charge in [0.15, 0.2) is 0 Å². The average Bonchev–Trinajstić information content (AvgIpc) is 2.33. The molecular weight excluding hydrogens is 294 g/mol. The van der Waals surface area contributed by atoms with Crippen molar-refractivity contribution in [3.05, 3.63) is 34.9 Å². The fraction of sp³-hybridized carbons (Fsp3) is 0.357. The van der Waals surface area contributed by atoms with Crippen LogP contribution >= 0.6 is 15.9 Å². The zero-order valence-electron chi connectivity index (χ0n) is 9.90. The molecule has 0 spiro atoms. The molecule has 1 fully saturated rings. The Hall–Kier alpha value is -1.13. The van der Waals surface area contributed by atoms with E-state index in [1.165, 1.54) is 0 Å². The zero-order chi connectivity index (χ0) is 12.6. The van der Waals surface area contributed by atoms with E-state index in [0.717, 1.165) is 40.4 Å². The molecule has 0 bridgehead atoms. The lowest BCUT2D eigenvalue weighted by atomic mass is 9.81. The van der Waals surface area contributed by atoms with E-state index in [2.05, 4.69) is 20.9 Å². The second-order valence-electron chi connectivity index (χ2n) is 4.85. The Morgan fingerprint density at radius 3 is 2.94 bits per heavy atom. The van der Waals surface area contributed by atoms with Gasteiger partial charge in [-0.05, 0) is 47.3 Å². The first kappa shape index (κ1) is 11.9. The SMILES string of the molecule is OC1(COc2cccc3cc(Br)cnc23)CCC1. The highest BCUT2D eigenvalue weighted by Gasteiger charge is 2.35. The van der Waals surface area contributed by atoms with E-state index in [-0.39, 0.29) is 0 Å². The van der Waals surface area contributed by atoms with Gasteiger partial charge in [-0.3, -0.25) is 4.98 Å². The topological polar surface area (TPSA) is 42.4 Å². The number of pyridine rings is 1. The minimum Gasteiger partial charge on any atom is -0.488 e. The first-order valence-electron chi connectivity index (χ1n) is 6.06. The van der Waals surface area contributed by atoms with Crippen LogP contribution in [0, 0.1) is 0 Å². The van der Waals surface area contributed by atoms with Crippen LogP contribution in [0.3, 0.4) is 0 Å². The standard InChI is InChI=1S/C14H14BrNO2/c15-11-7-10-3-1-4-12(13(10)16-8-11)18-9-14(17)5-2-6-14/h1,3-4,7-8,17H,2,5-6,9H2. The minimum absolute atomic E-state index is 0.351. The Kier molecular flexibility index (Phi) is 2.99. The molecule has 0 amide bonds. The van der Waals surface area contributed by atoms with Crippen LogP contribution < -0.4 is 4.74 Å². The van der Waals surface area contributed by atoms with Crippen LogP contribution in [0.4, 0.5) is 0 Å². The fourth-order valence-electron chi connectivity index (χ4n) is 2.16. The van der Waals surface area contributed by atoms with E-state index in [0.29, 0.717) is 6.61 Å². The number of hydrogen-bond acceptors (Lipinski definition) is 3. The summed E-state index contributed by atoms with van der Waals surface area (Å²) in [5.74, 6) is 0.736. The highest BCUT2D eigenvalue weighted by Crippen LogP contribution is 2.33. The number of hydrogen-bond donors (Lipinski definition) is 1. The minimum atomic E-state index is -0.627. The van der Waals surface area contributed by atoms with Crippen molar-refractivity contribution in [1.82, 2.24) is 4.98 Å². The van der Waals surface area contributed by atoms with E-state index in [4.69, 9.17) is 4.74 Å². The number of benzene rings is 1. The summed E-state index contributed by atoms with van der Waals surface area (Å²) in [7, 11) is 0. The summed E-state index contributed by atoms with van der Waals surface area (Å²) in [5, 5.41) is 11.1. The van der Waals surface area contributed by atoms with Gasteiger partial charge in [0.1, 0.15) is 17.9 Å². The molecule has 0 radical (unpaired) electrons. The Labute approximate surface area is 114 Å². The lowest BCUT2D eigenvalue weighted by Gasteiger charge is -2.36. The molecule has 4 heteroatoms. The van der Waals surface area contributed by atoms with Gasteiger partial charge in [-0.25, -0.2) is 0 Å². The van der Waals surface area contributed by atoms with Crippen LogP contribution in [0.25, 0.3) is 10.9 Å². The van der Waals surface area contributed by atoms with Gasteiger partial charge >= 0.3 is 0 Å². The third-order valence-electron chi connectivity index (χ3n) is 3.42. The van der Waals surface area contributed by atoms with E-state index >= 15 is 0 Å². The molecule has 0 aliphatic heterocycles. The molecule has 3 nitrogen and oxygen atoms in total. The maximum atomic E-state index is 10.0. The van der Waals surface area contributed by atoms with Crippen molar-refractivity contribution in [3.63, 3.8) is 0 Å². The van der Waals surface area contributed by atoms with E-state index in [9.17, 15) is 5.11 Å². The van der Waals surface area contributed by atoms with Gasteiger partial charge < -0.3 is 9.84 Å². The number of para-hydroxylation sites is 1. The number of rotatable bonds is 3. The monoisotopic (exact) mass is 307 g/mol. The van der Waals surface area contributed by atoms with Crippen LogP contribution in [0.15, 0.2) is 34.9 Å². The molecule has 0 saturated heterocycles. The maximum absolute atomic E-state index is 10.0. The predicted molar refractivity (Wildman–Crippen MR) is 73.7 cm³/mol. The molecule has 0 unspecified atom stereocenters. The summed E-state index contributed by atoms with van der Waals surface area (Å²) < 4.78 is 6.69. The lowest BCUT2D eigenvalue weighted by molar-refractivity contribution is -0.0660. The maximum Gasteiger partial charge on any atom is 0.145 e. The zero-order valence-corrected chi connectivity index (χ0v) is 11.5. The molecule has 94 valence electrons. The molecule has 1 saturated carbocycles. The van der Waals surface area contributed by atoms with Crippen molar-refractivity contribution in [2.75, 3.05) is 6.61 Å². The molecule has 2 aromatic rings. The summed E-state index contributed by atoms with van der Waals surface area (Å²) >= 11 is 3.40. The second kappa shape index (κ2) is 4.52. The highest BCUT2D eigenvalue weighted by atomic mass is 79.9. The summed E-state index contributed by atoms with van der Waals surface area (Å²) in [6.07, 6.45) is 4.50. The molecule has 1 aliphatic carbocycles. The summed E-state index contributed by atoms with van der Waals surface area (Å²) in [5.41, 5.74) is 0.209. The first-order valence-corrected chi connectivity index (χ1v) is 6.85. The van der Waals surface area contributed by atoms with Gasteiger partial charge in [-0.1, -0.05) is 12.1 Å². The van der Waals surface area contributed by atoms with E-state index in [1.807, 2.05) is 24.3 Å². The quantitative estimate of drug-likeness (QED) is 0.946. The summed E-state index contributed by atoms with van der Waals surface area (Å²) in [4.78, 5) is 4.37. The molecule has 3 rings (SSSR count). The summed E-state index contributed by atoms with van der Waals surface area (Å²) in [6, 6.07) is 7.84. The third-order valence-corrected chi connectivity index (χ3v) is 3.85. The van der Waals surface area contributed by atoms with E-state index < -0.39 is 5.60 Å². The number of halogens is 1. The van der Waals surface area contributed by atoms with Gasteiger partial charge in [0.25, 0.3) is 0 Å². The van der Waals surface area contributed by atoms with Gasteiger partial charge in [0, 0.05) is 16.1 Å². The van der Waals surface area contributed by atoms with Gasteiger partial charge in [-0.2, -0.15) is 0 Å². The van der Waals surface area contributed by atoms with Crippen molar-refractivity contribution in [2.24, 2.45) is 0 Å². The van der Waals surface area contributed by atoms with Crippen LogP contribution in [0.5, 0.6) is 5.75 Å². The van der Waals surface area contributed by atoms with Crippen molar-refractivity contribution in [1.29, 1.82) is 0 Å². The molecule has 1 heterocycles. The molecular formula is C14H14BrNO2. The third kappa shape index (κ3) is 2.22. The number of nitrogens with zero attached hydrogens (tertiary/aromatic N) is 1. The van der Waals surface area contributed by atoms with Crippen LogP contribution in [-0.4, -0.2) is 22.3 Å². The lowest BCUT2D eigenvalue weighted by Crippen LogP contribution is -2.42. The normalized spacial score (nSPS) is 17.4. The van der Waals surface area contributed by atoms with Gasteiger partial charge in [-0.15, -0.1) is 0 Å². The first-order chi connectivity index (χ1) is 8.66. The Bertz CT molecular complexity index is 581. The predicted octanol–water partition coefficient (Wildman–Crippen LogP) is 3.29. The number of aromatic nitrogens is 1.